The van der Waals surface area contributed by atoms with E-state index >= 15 is 0 Å². The Morgan fingerprint density at radius 2 is 1.78 bits per heavy atom. The molecule has 2 N–H and O–H groups in total. The van der Waals surface area contributed by atoms with Crippen molar-refractivity contribution >= 4 is 18.3 Å². The Morgan fingerprint density at radius 3 is 2.30 bits per heavy atom. The molecule has 0 radical (unpaired) electrons. The summed E-state index contributed by atoms with van der Waals surface area (Å²) in [6, 6.07) is 6.62. The van der Waals surface area contributed by atoms with Gasteiger partial charge >= 0.3 is 0 Å². The SMILES string of the molecule is CC(C(=O)NC(c1ccc(F)cc1)C1CCCC1)C1CNC1.Cl. The third-order valence-corrected chi connectivity index (χ3v) is 5.33. The second-order valence-electron chi connectivity index (χ2n) is 6.79. The number of amides is 1. The van der Waals surface area contributed by atoms with E-state index < -0.39 is 0 Å². The van der Waals surface area contributed by atoms with Crippen LogP contribution in [0.5, 0.6) is 0 Å². The number of nitrogens with one attached hydrogen (secondary N) is 2. The van der Waals surface area contributed by atoms with E-state index in [1.54, 1.807) is 0 Å². The van der Waals surface area contributed by atoms with Crippen LogP contribution in [0.4, 0.5) is 4.39 Å². The molecule has 3 nitrogen and oxygen atoms in total. The smallest absolute Gasteiger partial charge is 0.223 e. The van der Waals surface area contributed by atoms with Crippen LogP contribution in [0.25, 0.3) is 0 Å². The number of halogens is 2. The molecule has 1 saturated carbocycles. The Balaban J connectivity index is 0.00000192. The molecular formula is C18H26ClFN2O. The zero-order valence-electron chi connectivity index (χ0n) is 13.6. The van der Waals surface area contributed by atoms with Crippen molar-refractivity contribution in [2.75, 3.05) is 13.1 Å². The van der Waals surface area contributed by atoms with E-state index in [4.69, 9.17) is 0 Å². The maximum absolute atomic E-state index is 13.2. The normalized spacial score (nSPS) is 21.1. The van der Waals surface area contributed by atoms with Crippen LogP contribution in [0.2, 0.25) is 0 Å². The van der Waals surface area contributed by atoms with E-state index in [2.05, 4.69) is 10.6 Å². The summed E-state index contributed by atoms with van der Waals surface area (Å²) in [4.78, 5) is 12.6. The van der Waals surface area contributed by atoms with Gasteiger partial charge in [0.05, 0.1) is 6.04 Å². The first-order chi connectivity index (χ1) is 10.6. The first kappa shape index (κ1) is 18.2. The van der Waals surface area contributed by atoms with Gasteiger partial charge in [-0.2, -0.15) is 0 Å². The van der Waals surface area contributed by atoms with Gasteiger partial charge in [0.25, 0.3) is 0 Å². The fraction of sp³-hybridized carbons (Fsp3) is 0.611. The molecule has 1 aliphatic heterocycles. The Morgan fingerprint density at radius 1 is 1.17 bits per heavy atom. The molecule has 3 rings (SSSR count). The highest BCUT2D eigenvalue weighted by atomic mass is 35.5. The number of benzene rings is 1. The van der Waals surface area contributed by atoms with Gasteiger partial charge < -0.3 is 10.6 Å². The second kappa shape index (κ2) is 8.11. The van der Waals surface area contributed by atoms with Crippen LogP contribution in [0.3, 0.4) is 0 Å². The van der Waals surface area contributed by atoms with Gasteiger partial charge in [0.1, 0.15) is 5.82 Å². The van der Waals surface area contributed by atoms with Gasteiger partial charge in [-0.15, -0.1) is 12.4 Å². The molecule has 2 unspecified atom stereocenters. The topological polar surface area (TPSA) is 41.1 Å². The molecule has 1 aromatic rings. The average molecular weight is 341 g/mol. The molecule has 2 fully saturated rings. The summed E-state index contributed by atoms with van der Waals surface area (Å²) >= 11 is 0. The van der Waals surface area contributed by atoms with E-state index in [9.17, 15) is 9.18 Å². The number of hydrogen-bond donors (Lipinski definition) is 2. The van der Waals surface area contributed by atoms with Crippen LogP contribution in [0.15, 0.2) is 24.3 Å². The van der Waals surface area contributed by atoms with Crippen LogP contribution >= 0.6 is 12.4 Å². The fourth-order valence-corrected chi connectivity index (χ4v) is 3.60. The highest BCUT2D eigenvalue weighted by Crippen LogP contribution is 2.36. The summed E-state index contributed by atoms with van der Waals surface area (Å²) in [5, 5.41) is 6.48. The standard InChI is InChI=1S/C18H25FN2O.ClH/c1-12(15-10-20-11-15)18(22)21-17(13-4-2-3-5-13)14-6-8-16(19)9-7-14;/h6-9,12-13,15,17,20H,2-5,10-11H2,1H3,(H,21,22);1H. The van der Waals surface area contributed by atoms with Crippen molar-refractivity contribution in [2.24, 2.45) is 17.8 Å². The molecule has 2 atom stereocenters. The average Bonchev–Trinajstić information content (AvgIpc) is 2.97. The number of hydrogen-bond acceptors (Lipinski definition) is 2. The van der Waals surface area contributed by atoms with Crippen molar-refractivity contribution in [3.05, 3.63) is 35.6 Å². The van der Waals surface area contributed by atoms with E-state index in [-0.39, 0.29) is 36.1 Å². The molecule has 128 valence electrons. The molecule has 2 aliphatic rings. The summed E-state index contributed by atoms with van der Waals surface area (Å²) in [6.45, 7) is 3.87. The molecule has 5 heteroatoms. The molecule has 23 heavy (non-hydrogen) atoms. The molecule has 1 aromatic carbocycles. The van der Waals surface area contributed by atoms with E-state index in [0.717, 1.165) is 31.5 Å². The summed E-state index contributed by atoms with van der Waals surface area (Å²) in [5.74, 6) is 0.853. The van der Waals surface area contributed by atoms with E-state index in [1.165, 1.54) is 25.0 Å². The number of rotatable bonds is 5. The maximum atomic E-state index is 13.2. The minimum absolute atomic E-state index is 0. The second-order valence-corrected chi connectivity index (χ2v) is 6.79. The maximum Gasteiger partial charge on any atom is 0.223 e. The zero-order chi connectivity index (χ0) is 15.5. The molecule has 0 spiro atoms. The van der Waals surface area contributed by atoms with Crippen molar-refractivity contribution in [3.63, 3.8) is 0 Å². The number of carbonyl (C=O) groups is 1. The van der Waals surface area contributed by atoms with Crippen molar-refractivity contribution in [1.82, 2.24) is 10.6 Å². The molecule has 1 saturated heterocycles. The predicted octanol–water partition coefficient (Wildman–Crippen LogP) is 3.45. The summed E-state index contributed by atoms with van der Waals surface area (Å²) in [7, 11) is 0. The third-order valence-electron chi connectivity index (χ3n) is 5.33. The largest absolute Gasteiger partial charge is 0.349 e. The van der Waals surface area contributed by atoms with Gasteiger partial charge in [-0.05, 0) is 55.5 Å². The monoisotopic (exact) mass is 340 g/mol. The first-order valence-electron chi connectivity index (χ1n) is 8.41. The summed E-state index contributed by atoms with van der Waals surface area (Å²) in [5.41, 5.74) is 1.03. The molecule has 1 amide bonds. The Kier molecular flexibility index (Phi) is 6.42. The van der Waals surface area contributed by atoms with Crippen molar-refractivity contribution < 1.29 is 9.18 Å². The minimum Gasteiger partial charge on any atom is -0.349 e. The van der Waals surface area contributed by atoms with Crippen molar-refractivity contribution in [1.29, 1.82) is 0 Å². The molecule has 1 aliphatic carbocycles. The van der Waals surface area contributed by atoms with Crippen LogP contribution in [-0.4, -0.2) is 19.0 Å². The lowest BCUT2D eigenvalue weighted by atomic mass is 9.86. The minimum atomic E-state index is -0.228. The van der Waals surface area contributed by atoms with Gasteiger partial charge in [0.15, 0.2) is 0 Å². The van der Waals surface area contributed by atoms with Gasteiger partial charge in [0.2, 0.25) is 5.91 Å². The van der Waals surface area contributed by atoms with Gasteiger partial charge in [-0.1, -0.05) is 31.9 Å². The number of carbonyl (C=O) groups excluding carboxylic acids is 1. The zero-order valence-corrected chi connectivity index (χ0v) is 14.4. The van der Waals surface area contributed by atoms with Crippen LogP contribution in [0, 0.1) is 23.6 Å². The van der Waals surface area contributed by atoms with E-state index in [0.29, 0.717) is 11.8 Å². The highest BCUT2D eigenvalue weighted by Gasteiger charge is 2.33. The van der Waals surface area contributed by atoms with Crippen LogP contribution in [0.1, 0.15) is 44.2 Å². The van der Waals surface area contributed by atoms with Gasteiger partial charge in [-0.3, -0.25) is 4.79 Å². The third kappa shape index (κ3) is 4.24. The molecule has 1 heterocycles. The van der Waals surface area contributed by atoms with Gasteiger partial charge in [0, 0.05) is 5.92 Å². The van der Waals surface area contributed by atoms with Crippen molar-refractivity contribution in [2.45, 2.75) is 38.6 Å². The predicted molar refractivity (Wildman–Crippen MR) is 92.0 cm³/mol. The van der Waals surface area contributed by atoms with Crippen LogP contribution < -0.4 is 10.6 Å². The Labute approximate surface area is 143 Å². The molecule has 0 aromatic heterocycles. The van der Waals surface area contributed by atoms with Gasteiger partial charge in [-0.25, -0.2) is 4.39 Å². The lowest BCUT2D eigenvalue weighted by Gasteiger charge is -2.34. The Hall–Kier alpha value is -1.13. The first-order valence-corrected chi connectivity index (χ1v) is 8.41. The van der Waals surface area contributed by atoms with E-state index in [1.807, 2.05) is 19.1 Å². The fourth-order valence-electron chi connectivity index (χ4n) is 3.60. The highest BCUT2D eigenvalue weighted by molar-refractivity contribution is 5.85. The van der Waals surface area contributed by atoms with Crippen molar-refractivity contribution in [3.8, 4) is 0 Å². The molecular weight excluding hydrogens is 315 g/mol. The Bertz CT molecular complexity index is 512. The lowest BCUT2D eigenvalue weighted by molar-refractivity contribution is -0.127. The molecule has 0 bridgehead atoms. The lowest BCUT2D eigenvalue weighted by Crippen LogP contribution is -2.50. The summed E-state index contributed by atoms with van der Waals surface area (Å²) in [6.07, 6.45) is 4.73. The quantitative estimate of drug-likeness (QED) is 0.862. The van der Waals surface area contributed by atoms with Crippen LogP contribution in [-0.2, 0) is 4.79 Å². The summed E-state index contributed by atoms with van der Waals surface area (Å²) < 4.78 is 13.2.